The second-order valence-electron chi connectivity index (χ2n) is 8.64. The molecule has 4 nitrogen and oxygen atoms in total. The Bertz CT molecular complexity index is 639. The molecule has 2 fully saturated rings. The van der Waals surface area contributed by atoms with Crippen molar-refractivity contribution >= 4 is 5.91 Å². The van der Waals surface area contributed by atoms with Crippen molar-refractivity contribution in [2.45, 2.75) is 84.0 Å². The Labute approximate surface area is 168 Å². The first-order chi connectivity index (χ1) is 13.5. The van der Waals surface area contributed by atoms with Crippen LogP contribution in [0.15, 0.2) is 18.2 Å². The highest BCUT2D eigenvalue weighted by Gasteiger charge is 2.23. The van der Waals surface area contributed by atoms with Gasteiger partial charge in [-0.25, -0.2) is 4.39 Å². The van der Waals surface area contributed by atoms with Crippen LogP contribution in [0.5, 0.6) is 5.75 Å². The lowest BCUT2D eigenvalue weighted by Crippen LogP contribution is -2.31. The molecule has 0 bridgehead atoms. The number of carbonyl (C=O) groups excluding carboxylic acids is 1. The van der Waals surface area contributed by atoms with Crippen LogP contribution < -0.4 is 10.1 Å². The number of amides is 1. The van der Waals surface area contributed by atoms with E-state index >= 15 is 0 Å². The quantitative estimate of drug-likeness (QED) is 0.611. The van der Waals surface area contributed by atoms with E-state index in [1.807, 2.05) is 6.07 Å². The van der Waals surface area contributed by atoms with Crippen LogP contribution in [0.4, 0.5) is 4.39 Å². The van der Waals surface area contributed by atoms with Gasteiger partial charge < -0.3 is 14.8 Å². The first-order valence-electron chi connectivity index (χ1n) is 10.8. The van der Waals surface area contributed by atoms with E-state index in [-0.39, 0.29) is 23.9 Å². The molecule has 5 heteroatoms. The Hall–Kier alpha value is -1.62. The number of hydrogen-bond donors (Lipinski definition) is 1. The van der Waals surface area contributed by atoms with Crippen molar-refractivity contribution in [3.8, 4) is 5.75 Å². The van der Waals surface area contributed by atoms with E-state index in [9.17, 15) is 9.18 Å². The zero-order chi connectivity index (χ0) is 19.9. The highest BCUT2D eigenvalue weighted by atomic mass is 19.1. The van der Waals surface area contributed by atoms with Gasteiger partial charge in [0.05, 0.1) is 19.3 Å². The van der Waals surface area contributed by atoms with E-state index in [0.29, 0.717) is 36.4 Å². The molecule has 0 unspecified atom stereocenters. The van der Waals surface area contributed by atoms with Crippen molar-refractivity contribution in [2.75, 3.05) is 6.61 Å². The third kappa shape index (κ3) is 7.08. The van der Waals surface area contributed by atoms with Crippen molar-refractivity contribution in [1.29, 1.82) is 0 Å². The molecule has 0 heterocycles. The summed E-state index contributed by atoms with van der Waals surface area (Å²) in [5, 5.41) is 2.95. The summed E-state index contributed by atoms with van der Waals surface area (Å²) in [6, 6.07) is 5.35. The summed E-state index contributed by atoms with van der Waals surface area (Å²) in [5.41, 5.74) is 0.602. The van der Waals surface area contributed by atoms with Crippen LogP contribution in [-0.2, 0) is 16.1 Å². The number of halogens is 1. The summed E-state index contributed by atoms with van der Waals surface area (Å²) < 4.78 is 25.9. The normalized spacial score (nSPS) is 23.2. The van der Waals surface area contributed by atoms with Gasteiger partial charge in [0.2, 0.25) is 5.91 Å². The molecule has 0 saturated heterocycles. The van der Waals surface area contributed by atoms with Crippen molar-refractivity contribution in [2.24, 2.45) is 11.8 Å². The predicted octanol–water partition coefficient (Wildman–Crippen LogP) is 4.99. The van der Waals surface area contributed by atoms with Gasteiger partial charge in [-0.1, -0.05) is 6.07 Å². The van der Waals surface area contributed by atoms with Crippen molar-refractivity contribution in [1.82, 2.24) is 5.32 Å². The zero-order valence-electron chi connectivity index (χ0n) is 17.2. The molecule has 1 N–H and O–H groups in total. The number of ether oxygens (including phenoxy) is 2. The fourth-order valence-electron chi connectivity index (χ4n) is 3.93. The SMILES string of the molecule is CC(=O)N[C@@H](C)CCC1CCC(OCc2ccc(OCC3CC3)cc2F)CC1. The summed E-state index contributed by atoms with van der Waals surface area (Å²) in [6.45, 7) is 4.65. The Morgan fingerprint density at radius 3 is 2.54 bits per heavy atom. The minimum absolute atomic E-state index is 0.0411. The van der Waals surface area contributed by atoms with Gasteiger partial charge in [-0.05, 0) is 76.2 Å². The van der Waals surface area contributed by atoms with Crippen molar-refractivity contribution in [3.63, 3.8) is 0 Å². The smallest absolute Gasteiger partial charge is 0.217 e. The maximum Gasteiger partial charge on any atom is 0.217 e. The van der Waals surface area contributed by atoms with Crippen LogP contribution in [0, 0.1) is 17.7 Å². The lowest BCUT2D eigenvalue weighted by atomic mass is 9.84. The molecule has 2 aliphatic rings. The van der Waals surface area contributed by atoms with Crippen LogP contribution in [0.25, 0.3) is 0 Å². The molecule has 1 aromatic rings. The van der Waals surface area contributed by atoms with Gasteiger partial charge in [0, 0.05) is 24.6 Å². The average Bonchev–Trinajstić information content (AvgIpc) is 3.49. The maximum absolute atomic E-state index is 14.3. The summed E-state index contributed by atoms with van der Waals surface area (Å²) in [7, 11) is 0. The van der Waals surface area contributed by atoms with Gasteiger partial charge in [0.1, 0.15) is 11.6 Å². The molecule has 1 amide bonds. The van der Waals surface area contributed by atoms with E-state index in [1.54, 1.807) is 13.0 Å². The zero-order valence-corrected chi connectivity index (χ0v) is 17.2. The first kappa shape index (κ1) is 21.1. The second kappa shape index (κ2) is 10.2. The highest BCUT2D eigenvalue weighted by Crippen LogP contribution is 2.31. The summed E-state index contributed by atoms with van der Waals surface area (Å²) in [5.74, 6) is 1.78. The molecule has 2 saturated carbocycles. The average molecular weight is 392 g/mol. The molecule has 0 radical (unpaired) electrons. The molecule has 156 valence electrons. The van der Waals surface area contributed by atoms with Crippen LogP contribution >= 0.6 is 0 Å². The third-order valence-corrected chi connectivity index (χ3v) is 5.93. The molecule has 0 aromatic heterocycles. The monoisotopic (exact) mass is 391 g/mol. The summed E-state index contributed by atoms with van der Waals surface area (Å²) in [6.07, 6.45) is 9.19. The van der Waals surface area contributed by atoms with Crippen LogP contribution in [0.3, 0.4) is 0 Å². The second-order valence-corrected chi connectivity index (χ2v) is 8.64. The summed E-state index contributed by atoms with van der Waals surface area (Å²) >= 11 is 0. The molecule has 0 aliphatic heterocycles. The van der Waals surface area contributed by atoms with Gasteiger partial charge in [-0.2, -0.15) is 0 Å². The fraction of sp³-hybridized carbons (Fsp3) is 0.696. The predicted molar refractivity (Wildman–Crippen MR) is 108 cm³/mol. The molecular formula is C23H34FNO3. The number of hydrogen-bond acceptors (Lipinski definition) is 3. The molecule has 2 aliphatic carbocycles. The topological polar surface area (TPSA) is 47.6 Å². The number of benzene rings is 1. The van der Waals surface area contributed by atoms with Gasteiger partial charge in [-0.3, -0.25) is 4.79 Å². The minimum atomic E-state index is -0.242. The first-order valence-corrected chi connectivity index (χ1v) is 10.8. The molecule has 3 rings (SSSR count). The fourth-order valence-corrected chi connectivity index (χ4v) is 3.93. The molecule has 1 atom stereocenters. The van der Waals surface area contributed by atoms with Crippen LogP contribution in [0.1, 0.15) is 70.8 Å². The molecule has 28 heavy (non-hydrogen) atoms. The van der Waals surface area contributed by atoms with E-state index in [4.69, 9.17) is 9.47 Å². The van der Waals surface area contributed by atoms with Crippen LogP contribution in [-0.4, -0.2) is 24.7 Å². The van der Waals surface area contributed by atoms with Gasteiger partial charge >= 0.3 is 0 Å². The van der Waals surface area contributed by atoms with Gasteiger partial charge in [0.25, 0.3) is 0 Å². The molecular weight excluding hydrogens is 357 g/mol. The van der Waals surface area contributed by atoms with Gasteiger partial charge in [-0.15, -0.1) is 0 Å². The summed E-state index contributed by atoms with van der Waals surface area (Å²) in [4.78, 5) is 11.1. The van der Waals surface area contributed by atoms with E-state index in [0.717, 1.165) is 38.5 Å². The lowest BCUT2D eigenvalue weighted by Gasteiger charge is -2.29. The minimum Gasteiger partial charge on any atom is -0.493 e. The number of nitrogens with one attached hydrogen (secondary N) is 1. The molecule has 0 spiro atoms. The Kier molecular flexibility index (Phi) is 7.72. The highest BCUT2D eigenvalue weighted by molar-refractivity contribution is 5.73. The maximum atomic E-state index is 14.3. The van der Waals surface area contributed by atoms with E-state index in [2.05, 4.69) is 12.2 Å². The Morgan fingerprint density at radius 1 is 1.18 bits per heavy atom. The lowest BCUT2D eigenvalue weighted by molar-refractivity contribution is -0.119. The number of rotatable bonds is 10. The standard InChI is InChI=1S/C23H34FNO3/c1-16(25-17(2)26)3-4-18-7-10-21(11-8-18)28-15-20-9-12-22(13-23(20)24)27-14-19-5-6-19/h9,12-13,16,18-19,21H,3-8,10-11,14-15H2,1-2H3,(H,25,26)/t16-,18?,21?/m0/s1. The van der Waals surface area contributed by atoms with Gasteiger partial charge in [0.15, 0.2) is 0 Å². The Balaban J connectivity index is 1.34. The van der Waals surface area contributed by atoms with Crippen molar-refractivity contribution < 1.29 is 18.7 Å². The third-order valence-electron chi connectivity index (χ3n) is 5.93. The van der Waals surface area contributed by atoms with Crippen LogP contribution in [0.2, 0.25) is 0 Å². The van der Waals surface area contributed by atoms with E-state index < -0.39 is 0 Å². The largest absolute Gasteiger partial charge is 0.493 e. The van der Waals surface area contributed by atoms with E-state index in [1.165, 1.54) is 18.9 Å². The number of carbonyl (C=O) groups is 1. The molecule has 1 aromatic carbocycles. The van der Waals surface area contributed by atoms with Crippen molar-refractivity contribution in [3.05, 3.63) is 29.6 Å². The Morgan fingerprint density at radius 2 is 1.89 bits per heavy atom.